The van der Waals surface area contributed by atoms with Gasteiger partial charge in [0.15, 0.2) is 5.79 Å². The molecule has 2 aliphatic rings. The predicted octanol–water partition coefficient (Wildman–Crippen LogP) is 3.62. The van der Waals surface area contributed by atoms with Crippen LogP contribution in [0.15, 0.2) is 41.3 Å². The smallest absolute Gasteiger partial charge is 0.297 e. The van der Waals surface area contributed by atoms with Crippen molar-refractivity contribution in [2.45, 2.75) is 94.1 Å². The number of benzene rings is 1. The molecule has 1 aromatic rings. The first-order valence-corrected chi connectivity index (χ1v) is 17.8. The maximum atomic E-state index is 12.4. The van der Waals surface area contributed by atoms with Crippen molar-refractivity contribution in [3.63, 3.8) is 0 Å². The van der Waals surface area contributed by atoms with Crippen molar-refractivity contribution in [1.82, 2.24) is 0 Å². The van der Waals surface area contributed by atoms with E-state index in [1.807, 2.05) is 6.92 Å². The summed E-state index contributed by atoms with van der Waals surface area (Å²) in [7, 11) is -4.98. The molecule has 0 aliphatic carbocycles. The number of hydrogen-bond acceptors (Lipinski definition) is 9. The standard InChI is InChI=1S/C26H42O9SSi/c1-19-9-11-20(12-10-19)36(28,29)32-17-24-22(33-24)16-23-25(35-26(2,3)34-23)21(27)8-7-13-30-18-31-14-15-37(4,5)6/h7-12,21-25,27H,13-18H2,1-6H3/b8-7+/t21-,22-,23+,24+,25-/m0/s1. The molecule has 0 bridgehead atoms. The van der Waals surface area contributed by atoms with Gasteiger partial charge in [0.05, 0.1) is 30.3 Å². The second kappa shape index (κ2) is 12.8. The van der Waals surface area contributed by atoms with E-state index in [4.69, 9.17) is 27.9 Å². The summed E-state index contributed by atoms with van der Waals surface area (Å²) in [6.45, 7) is 13.5. The lowest BCUT2D eigenvalue weighted by atomic mass is 10.0. The third-order valence-corrected chi connectivity index (χ3v) is 9.12. The van der Waals surface area contributed by atoms with E-state index in [1.165, 1.54) is 12.1 Å². The van der Waals surface area contributed by atoms with E-state index >= 15 is 0 Å². The van der Waals surface area contributed by atoms with Crippen LogP contribution < -0.4 is 0 Å². The molecule has 0 saturated carbocycles. The van der Waals surface area contributed by atoms with E-state index in [0.29, 0.717) is 19.6 Å². The number of aryl methyl sites for hydroxylation is 1. The Hall–Kier alpha value is -1.15. The van der Waals surface area contributed by atoms with Gasteiger partial charge in [-0.15, -0.1) is 0 Å². The Morgan fingerprint density at radius 2 is 1.78 bits per heavy atom. The van der Waals surface area contributed by atoms with Crippen LogP contribution in [0.3, 0.4) is 0 Å². The zero-order chi connectivity index (χ0) is 27.3. The average Bonchev–Trinajstić information content (AvgIpc) is 3.46. The van der Waals surface area contributed by atoms with Crippen LogP contribution in [-0.2, 0) is 38.0 Å². The average molecular weight is 559 g/mol. The molecular weight excluding hydrogens is 516 g/mol. The highest BCUT2D eigenvalue weighted by molar-refractivity contribution is 7.86. The molecule has 210 valence electrons. The van der Waals surface area contributed by atoms with E-state index in [0.717, 1.165) is 11.6 Å². The van der Waals surface area contributed by atoms with Crippen LogP contribution in [0.5, 0.6) is 0 Å². The molecule has 9 nitrogen and oxygen atoms in total. The molecule has 37 heavy (non-hydrogen) atoms. The molecule has 3 rings (SSSR count). The fourth-order valence-corrected chi connectivity index (χ4v) is 5.62. The molecule has 1 N–H and O–H groups in total. The molecule has 5 atom stereocenters. The van der Waals surface area contributed by atoms with Gasteiger partial charge in [0.25, 0.3) is 10.1 Å². The monoisotopic (exact) mass is 558 g/mol. The SMILES string of the molecule is Cc1ccc(S(=O)(=O)OC[C@H]2O[C@H]2C[C@H]2OC(C)(C)O[C@H]2[C@@H](O)/C=C/COCOCC[Si](C)(C)C)cc1. The van der Waals surface area contributed by atoms with Crippen molar-refractivity contribution in [3.05, 3.63) is 42.0 Å². The minimum atomic E-state index is -3.86. The third kappa shape index (κ3) is 10.2. The maximum Gasteiger partial charge on any atom is 0.297 e. The predicted molar refractivity (Wildman–Crippen MR) is 141 cm³/mol. The lowest BCUT2D eigenvalue weighted by molar-refractivity contribution is -0.153. The number of ether oxygens (including phenoxy) is 5. The zero-order valence-electron chi connectivity index (χ0n) is 22.7. The van der Waals surface area contributed by atoms with Crippen LogP contribution in [0, 0.1) is 6.92 Å². The zero-order valence-corrected chi connectivity index (χ0v) is 24.5. The summed E-state index contributed by atoms with van der Waals surface area (Å²) >= 11 is 0. The van der Waals surface area contributed by atoms with Crippen molar-refractivity contribution in [2.75, 3.05) is 26.6 Å². The van der Waals surface area contributed by atoms with Crippen molar-refractivity contribution in [3.8, 4) is 0 Å². The third-order valence-electron chi connectivity index (χ3n) is 6.12. The largest absolute Gasteiger partial charge is 0.386 e. The Kier molecular flexibility index (Phi) is 10.5. The van der Waals surface area contributed by atoms with E-state index in [2.05, 4.69) is 19.6 Å². The minimum absolute atomic E-state index is 0.0810. The van der Waals surface area contributed by atoms with E-state index in [1.54, 1.807) is 38.1 Å². The van der Waals surface area contributed by atoms with Crippen LogP contribution >= 0.6 is 0 Å². The molecule has 0 amide bonds. The number of epoxide rings is 1. The summed E-state index contributed by atoms with van der Waals surface area (Å²) in [5.74, 6) is -0.861. The Morgan fingerprint density at radius 3 is 2.46 bits per heavy atom. The molecule has 2 fully saturated rings. The van der Waals surface area contributed by atoms with Gasteiger partial charge in [-0.25, -0.2) is 0 Å². The molecule has 0 radical (unpaired) electrons. The van der Waals surface area contributed by atoms with E-state index < -0.39 is 42.3 Å². The van der Waals surface area contributed by atoms with Crippen molar-refractivity contribution >= 4 is 18.2 Å². The molecule has 0 unspecified atom stereocenters. The summed E-state index contributed by atoms with van der Waals surface area (Å²) in [5.41, 5.74) is 0.965. The van der Waals surface area contributed by atoms with Gasteiger partial charge in [-0.05, 0) is 38.9 Å². The molecule has 2 aliphatic heterocycles. The number of hydrogen-bond donors (Lipinski definition) is 1. The fraction of sp³-hybridized carbons (Fsp3) is 0.692. The normalized spacial score (nSPS) is 26.6. The molecule has 2 heterocycles. The highest BCUT2D eigenvalue weighted by atomic mass is 32.2. The van der Waals surface area contributed by atoms with Crippen LogP contribution in [0.2, 0.25) is 25.7 Å². The molecule has 11 heteroatoms. The van der Waals surface area contributed by atoms with Crippen molar-refractivity contribution in [1.29, 1.82) is 0 Å². The molecule has 2 saturated heterocycles. The summed E-state index contributed by atoms with van der Waals surface area (Å²) in [6, 6.07) is 7.57. The van der Waals surface area contributed by atoms with Gasteiger partial charge in [0, 0.05) is 21.1 Å². The number of aliphatic hydroxyl groups excluding tert-OH is 1. The van der Waals surface area contributed by atoms with Crippen molar-refractivity contribution in [2.24, 2.45) is 0 Å². The lowest BCUT2D eigenvalue weighted by Crippen LogP contribution is -2.35. The molecular formula is C26H42O9SSi. The maximum absolute atomic E-state index is 12.4. The van der Waals surface area contributed by atoms with Crippen LogP contribution in [-0.4, -0.2) is 84.5 Å². The summed E-state index contributed by atoms with van der Waals surface area (Å²) in [4.78, 5) is 0.113. The molecule has 0 aromatic heterocycles. The Labute approximate surface area is 222 Å². The second-order valence-electron chi connectivity index (χ2n) is 11.3. The van der Waals surface area contributed by atoms with Crippen LogP contribution in [0.4, 0.5) is 0 Å². The van der Waals surface area contributed by atoms with Crippen LogP contribution in [0.1, 0.15) is 25.8 Å². The Balaban J connectivity index is 1.41. The first kappa shape index (κ1) is 30.4. The van der Waals surface area contributed by atoms with Crippen molar-refractivity contribution < 1.29 is 41.4 Å². The summed E-state index contributed by atoms with van der Waals surface area (Å²) in [6.07, 6.45) is 1.27. The second-order valence-corrected chi connectivity index (χ2v) is 18.5. The highest BCUT2D eigenvalue weighted by Crippen LogP contribution is 2.37. The van der Waals surface area contributed by atoms with Gasteiger partial charge in [-0.2, -0.15) is 8.42 Å². The van der Waals surface area contributed by atoms with Gasteiger partial charge < -0.3 is 28.8 Å². The minimum Gasteiger partial charge on any atom is -0.386 e. The molecule has 0 spiro atoms. The summed E-state index contributed by atoms with van der Waals surface area (Å²) < 4.78 is 58.6. The van der Waals surface area contributed by atoms with Crippen LogP contribution in [0.25, 0.3) is 0 Å². The summed E-state index contributed by atoms with van der Waals surface area (Å²) in [5, 5.41) is 10.7. The first-order chi connectivity index (χ1) is 17.3. The van der Waals surface area contributed by atoms with Gasteiger partial charge in [-0.1, -0.05) is 49.5 Å². The molecule has 1 aromatic carbocycles. The quantitative estimate of drug-likeness (QED) is 0.0861. The van der Waals surface area contributed by atoms with Gasteiger partial charge >= 0.3 is 0 Å². The lowest BCUT2D eigenvalue weighted by Gasteiger charge is -2.20. The van der Waals surface area contributed by atoms with E-state index in [-0.39, 0.29) is 30.5 Å². The highest BCUT2D eigenvalue weighted by Gasteiger charge is 2.50. The Morgan fingerprint density at radius 1 is 1.08 bits per heavy atom. The fourth-order valence-electron chi connectivity index (χ4n) is 3.94. The number of aliphatic hydroxyl groups is 1. The topological polar surface area (TPSA) is 113 Å². The van der Waals surface area contributed by atoms with Gasteiger partial charge in [0.1, 0.15) is 25.1 Å². The first-order valence-electron chi connectivity index (χ1n) is 12.7. The number of rotatable bonds is 15. The van der Waals surface area contributed by atoms with Gasteiger partial charge in [-0.3, -0.25) is 4.18 Å². The van der Waals surface area contributed by atoms with E-state index in [9.17, 15) is 13.5 Å². The van der Waals surface area contributed by atoms with Gasteiger partial charge in [0.2, 0.25) is 0 Å². The Bertz CT molecular complexity index is 988.